The van der Waals surface area contributed by atoms with Crippen LogP contribution in [0.2, 0.25) is 0 Å². The van der Waals surface area contributed by atoms with E-state index < -0.39 is 0 Å². The number of pyridine rings is 1. The van der Waals surface area contributed by atoms with Crippen molar-refractivity contribution in [1.82, 2.24) is 4.98 Å². The molecule has 29 heavy (non-hydrogen) atoms. The molecule has 0 unspecified atom stereocenters. The molecule has 0 saturated carbocycles. The van der Waals surface area contributed by atoms with Crippen molar-refractivity contribution in [2.75, 3.05) is 5.32 Å². The molecule has 0 fully saturated rings. The lowest BCUT2D eigenvalue weighted by Gasteiger charge is -2.11. The number of carbonyl (C=O) groups is 1. The molecule has 1 heterocycles. The number of rotatable bonds is 4. The summed E-state index contributed by atoms with van der Waals surface area (Å²) >= 11 is 0. The third kappa shape index (κ3) is 3.43. The van der Waals surface area contributed by atoms with E-state index in [4.69, 9.17) is 0 Å². The van der Waals surface area contributed by atoms with Gasteiger partial charge in [-0.3, -0.25) is 9.78 Å². The Morgan fingerprint density at radius 3 is 2.52 bits per heavy atom. The van der Waals surface area contributed by atoms with Gasteiger partial charge in [0.2, 0.25) is 0 Å². The second kappa shape index (κ2) is 7.36. The molecule has 1 aromatic heterocycles. The third-order valence-corrected chi connectivity index (χ3v) is 5.44. The van der Waals surface area contributed by atoms with Crippen LogP contribution in [0, 0.1) is 0 Å². The number of fused-ring (bicyclic) bond motifs is 3. The van der Waals surface area contributed by atoms with Gasteiger partial charge in [0.05, 0.1) is 0 Å². The van der Waals surface area contributed by atoms with Crippen molar-refractivity contribution in [3.63, 3.8) is 0 Å². The maximum Gasteiger partial charge on any atom is 0.255 e. The molecule has 1 amide bonds. The third-order valence-electron chi connectivity index (χ3n) is 5.44. The minimum absolute atomic E-state index is 0.0595. The van der Waals surface area contributed by atoms with E-state index in [1.165, 1.54) is 22.3 Å². The van der Waals surface area contributed by atoms with E-state index in [0.717, 1.165) is 35.2 Å². The number of nitrogens with one attached hydrogen (secondary N) is 1. The van der Waals surface area contributed by atoms with Crippen molar-refractivity contribution in [3.05, 3.63) is 119 Å². The number of nitrogens with zero attached hydrogens (tertiary/aromatic N) is 1. The molecular formula is C26H20N2O. The number of aromatic nitrogens is 1. The SMILES string of the molecule is O=C(Nc1cccc(Cc2ccncc2)c1)c1cccc2c1Cc1ccccc1-2. The summed E-state index contributed by atoms with van der Waals surface area (Å²) in [6.45, 7) is 0. The molecule has 1 N–H and O–H groups in total. The zero-order chi connectivity index (χ0) is 19.6. The molecule has 0 saturated heterocycles. The molecule has 0 aliphatic heterocycles. The molecule has 0 bridgehead atoms. The van der Waals surface area contributed by atoms with Crippen molar-refractivity contribution < 1.29 is 4.79 Å². The van der Waals surface area contributed by atoms with Gasteiger partial charge in [-0.05, 0) is 76.6 Å². The predicted molar refractivity (Wildman–Crippen MR) is 116 cm³/mol. The average Bonchev–Trinajstić information content (AvgIpc) is 3.13. The minimum atomic E-state index is -0.0595. The van der Waals surface area contributed by atoms with Gasteiger partial charge in [0.25, 0.3) is 5.91 Å². The fourth-order valence-electron chi connectivity index (χ4n) is 4.06. The first-order valence-corrected chi connectivity index (χ1v) is 9.77. The summed E-state index contributed by atoms with van der Waals surface area (Å²) in [7, 11) is 0. The van der Waals surface area contributed by atoms with Crippen molar-refractivity contribution in [2.24, 2.45) is 0 Å². The standard InChI is InChI=1S/C26H20N2O/c29-26(24-10-4-9-23-22-8-2-1-6-20(22)17-25(23)24)28-21-7-3-5-19(16-21)15-18-11-13-27-14-12-18/h1-14,16H,15,17H2,(H,28,29). The highest BCUT2D eigenvalue weighted by atomic mass is 16.1. The van der Waals surface area contributed by atoms with Crippen LogP contribution in [0.3, 0.4) is 0 Å². The lowest BCUT2D eigenvalue weighted by Crippen LogP contribution is -2.14. The predicted octanol–water partition coefficient (Wildman–Crippen LogP) is 5.50. The number of amides is 1. The first kappa shape index (κ1) is 17.4. The summed E-state index contributed by atoms with van der Waals surface area (Å²) in [4.78, 5) is 17.1. The summed E-state index contributed by atoms with van der Waals surface area (Å²) in [5, 5.41) is 3.09. The summed E-state index contributed by atoms with van der Waals surface area (Å²) in [5.74, 6) is -0.0595. The summed E-state index contributed by atoms with van der Waals surface area (Å²) in [5.41, 5.74) is 8.70. The maximum absolute atomic E-state index is 13.1. The van der Waals surface area contributed by atoms with Crippen LogP contribution in [0.5, 0.6) is 0 Å². The zero-order valence-electron chi connectivity index (χ0n) is 15.9. The van der Waals surface area contributed by atoms with Crippen molar-refractivity contribution in [3.8, 4) is 11.1 Å². The first-order valence-electron chi connectivity index (χ1n) is 9.77. The smallest absolute Gasteiger partial charge is 0.255 e. The fraction of sp³-hybridized carbons (Fsp3) is 0.0769. The van der Waals surface area contributed by atoms with Crippen LogP contribution in [0.1, 0.15) is 32.6 Å². The zero-order valence-corrected chi connectivity index (χ0v) is 15.9. The second-order valence-electron chi connectivity index (χ2n) is 7.35. The first-order chi connectivity index (χ1) is 14.3. The molecule has 1 aliphatic rings. The van der Waals surface area contributed by atoms with Gasteiger partial charge in [0, 0.05) is 23.6 Å². The molecule has 3 aromatic carbocycles. The number of hydrogen-bond donors (Lipinski definition) is 1. The number of carbonyl (C=O) groups excluding carboxylic acids is 1. The van der Waals surface area contributed by atoms with Gasteiger partial charge >= 0.3 is 0 Å². The Bertz CT molecular complexity index is 1200. The van der Waals surface area contributed by atoms with Gasteiger partial charge in [0.1, 0.15) is 0 Å². The highest BCUT2D eigenvalue weighted by Crippen LogP contribution is 2.38. The Morgan fingerprint density at radius 1 is 0.828 bits per heavy atom. The van der Waals surface area contributed by atoms with E-state index in [1.807, 2.05) is 42.5 Å². The number of benzene rings is 3. The van der Waals surface area contributed by atoms with E-state index in [0.29, 0.717) is 0 Å². The van der Waals surface area contributed by atoms with E-state index in [9.17, 15) is 4.79 Å². The molecule has 0 atom stereocenters. The number of hydrogen-bond acceptors (Lipinski definition) is 2. The Labute approximate surface area is 170 Å². The minimum Gasteiger partial charge on any atom is -0.322 e. The van der Waals surface area contributed by atoms with Gasteiger partial charge in [0.15, 0.2) is 0 Å². The van der Waals surface area contributed by atoms with E-state index >= 15 is 0 Å². The van der Waals surface area contributed by atoms with Crippen LogP contribution in [-0.4, -0.2) is 10.9 Å². The quantitative estimate of drug-likeness (QED) is 0.450. The molecule has 4 aromatic rings. The van der Waals surface area contributed by atoms with Gasteiger partial charge in [-0.1, -0.05) is 48.5 Å². The van der Waals surface area contributed by atoms with Gasteiger partial charge in [-0.15, -0.1) is 0 Å². The largest absolute Gasteiger partial charge is 0.322 e. The Kier molecular flexibility index (Phi) is 4.41. The van der Waals surface area contributed by atoms with Crippen LogP contribution in [-0.2, 0) is 12.8 Å². The summed E-state index contributed by atoms with van der Waals surface area (Å²) in [6.07, 6.45) is 5.21. The highest BCUT2D eigenvalue weighted by Gasteiger charge is 2.23. The van der Waals surface area contributed by atoms with Crippen molar-refractivity contribution >= 4 is 11.6 Å². The molecule has 1 aliphatic carbocycles. The van der Waals surface area contributed by atoms with Crippen LogP contribution < -0.4 is 5.32 Å². The van der Waals surface area contributed by atoms with E-state index in [2.05, 4.69) is 46.7 Å². The molecule has 0 spiro atoms. The maximum atomic E-state index is 13.1. The second-order valence-corrected chi connectivity index (χ2v) is 7.35. The molecule has 0 radical (unpaired) electrons. The fourth-order valence-corrected chi connectivity index (χ4v) is 4.06. The molecule has 5 rings (SSSR count). The van der Waals surface area contributed by atoms with E-state index in [-0.39, 0.29) is 5.91 Å². The van der Waals surface area contributed by atoms with Gasteiger partial charge < -0.3 is 5.32 Å². The van der Waals surface area contributed by atoms with Crippen LogP contribution in [0.15, 0.2) is 91.3 Å². The molecule has 140 valence electrons. The monoisotopic (exact) mass is 376 g/mol. The number of anilines is 1. The Hall–Kier alpha value is -3.72. The van der Waals surface area contributed by atoms with Gasteiger partial charge in [-0.25, -0.2) is 0 Å². The van der Waals surface area contributed by atoms with Crippen LogP contribution in [0.4, 0.5) is 5.69 Å². The Balaban J connectivity index is 1.39. The summed E-state index contributed by atoms with van der Waals surface area (Å²) < 4.78 is 0. The van der Waals surface area contributed by atoms with Crippen LogP contribution in [0.25, 0.3) is 11.1 Å². The normalized spacial score (nSPS) is 11.6. The molecular weight excluding hydrogens is 356 g/mol. The van der Waals surface area contributed by atoms with Crippen molar-refractivity contribution in [2.45, 2.75) is 12.8 Å². The lowest BCUT2D eigenvalue weighted by molar-refractivity contribution is 0.102. The summed E-state index contributed by atoms with van der Waals surface area (Å²) in [6, 6.07) is 26.4. The van der Waals surface area contributed by atoms with Crippen LogP contribution >= 0.6 is 0 Å². The molecule has 3 nitrogen and oxygen atoms in total. The highest BCUT2D eigenvalue weighted by molar-refractivity contribution is 6.07. The lowest BCUT2D eigenvalue weighted by atomic mass is 10.0. The van der Waals surface area contributed by atoms with Gasteiger partial charge in [-0.2, -0.15) is 0 Å². The van der Waals surface area contributed by atoms with E-state index in [1.54, 1.807) is 12.4 Å². The topological polar surface area (TPSA) is 42.0 Å². The Morgan fingerprint density at radius 2 is 1.62 bits per heavy atom. The van der Waals surface area contributed by atoms with Crippen molar-refractivity contribution in [1.29, 1.82) is 0 Å². The molecule has 3 heteroatoms. The average molecular weight is 376 g/mol.